The molecule has 2 aromatic carbocycles. The third kappa shape index (κ3) is 2.56. The van der Waals surface area contributed by atoms with Crippen molar-refractivity contribution in [3.05, 3.63) is 64.8 Å². The minimum absolute atomic E-state index is 0. The van der Waals surface area contributed by atoms with Crippen LogP contribution in [-0.4, -0.2) is 51.0 Å². The highest BCUT2D eigenvalue weighted by Gasteiger charge is 2.73. The largest absolute Gasteiger partial charge is 0.504 e. The van der Waals surface area contributed by atoms with Gasteiger partial charge in [-0.15, -0.1) is 12.4 Å². The summed E-state index contributed by atoms with van der Waals surface area (Å²) in [6.07, 6.45) is -4.29. The van der Waals surface area contributed by atoms with Crippen molar-refractivity contribution in [3.8, 4) is 11.5 Å². The summed E-state index contributed by atoms with van der Waals surface area (Å²) in [7, 11) is 0. The molecule has 3 aromatic rings. The van der Waals surface area contributed by atoms with Crippen molar-refractivity contribution < 1.29 is 28.1 Å². The molecule has 2 aliphatic heterocycles. The van der Waals surface area contributed by atoms with Gasteiger partial charge in [0.05, 0.1) is 28.8 Å². The van der Waals surface area contributed by atoms with Crippen molar-refractivity contribution in [2.75, 3.05) is 13.1 Å². The van der Waals surface area contributed by atoms with Gasteiger partial charge >= 0.3 is 6.18 Å². The van der Waals surface area contributed by atoms with Gasteiger partial charge in [0.1, 0.15) is 0 Å². The van der Waals surface area contributed by atoms with Gasteiger partial charge < -0.3 is 14.9 Å². The molecule has 4 atom stereocenters. The maximum Gasteiger partial charge on any atom is 0.401 e. The molecule has 2 bridgehead atoms. The average Bonchev–Trinajstić information content (AvgIpc) is 3.11. The zero-order chi connectivity index (χ0) is 22.8. The van der Waals surface area contributed by atoms with Crippen LogP contribution < -0.4 is 4.74 Å². The number of ether oxygens (including phenoxy) is 1. The van der Waals surface area contributed by atoms with Gasteiger partial charge in [0.15, 0.2) is 17.6 Å². The van der Waals surface area contributed by atoms with E-state index in [1.165, 1.54) is 11.0 Å². The number of hydrogen-bond acceptors (Lipinski definition) is 5. The SMILES string of the molecule is Cl.Oc1ccc2c3c1O[C@H]1c4nc5ccccc5cc4C[C@@]4(O)[C@@H](C2)N(CC(F)(F)F)CC[C@]314. The van der Waals surface area contributed by atoms with E-state index in [0.29, 0.717) is 11.4 Å². The summed E-state index contributed by atoms with van der Waals surface area (Å²) < 4.78 is 46.8. The van der Waals surface area contributed by atoms with Gasteiger partial charge in [-0.2, -0.15) is 13.2 Å². The van der Waals surface area contributed by atoms with E-state index in [9.17, 15) is 23.4 Å². The van der Waals surface area contributed by atoms with Crippen LogP contribution in [0.1, 0.15) is 34.9 Å². The van der Waals surface area contributed by atoms with Crippen molar-refractivity contribution in [2.24, 2.45) is 0 Å². The number of benzene rings is 2. The normalized spacial score (nSPS) is 30.8. The molecule has 1 spiro atoms. The van der Waals surface area contributed by atoms with E-state index in [1.54, 1.807) is 6.07 Å². The van der Waals surface area contributed by atoms with Crippen LogP contribution in [0.3, 0.4) is 0 Å². The Morgan fingerprint density at radius 3 is 2.74 bits per heavy atom. The van der Waals surface area contributed by atoms with Gasteiger partial charge in [0.2, 0.25) is 0 Å². The van der Waals surface area contributed by atoms with Crippen LogP contribution in [0.5, 0.6) is 11.5 Å². The molecule has 1 saturated heterocycles. The molecule has 0 saturated carbocycles. The molecule has 0 radical (unpaired) electrons. The monoisotopic (exact) mass is 490 g/mol. The molecule has 1 fully saturated rings. The lowest BCUT2D eigenvalue weighted by Gasteiger charge is -2.62. The standard InChI is InChI=1S/C25H21F3N2O3.ClH/c26-25(27,28)12-30-8-7-23-19-14-5-6-17(31)21(19)33-22(23)20-15(11-24(23,32)18(30)10-14)9-13-3-1-2-4-16(13)29-20;/h1-6,9,18,22,31-32H,7-8,10-12H2;1H/t18-,22+,23+,24-;/m1./s1. The topological polar surface area (TPSA) is 65.8 Å². The molecule has 7 rings (SSSR count). The molecule has 2 aliphatic carbocycles. The third-order valence-electron chi connectivity index (χ3n) is 8.25. The highest BCUT2D eigenvalue weighted by molar-refractivity contribution is 5.85. The Morgan fingerprint density at radius 2 is 1.94 bits per heavy atom. The number of aliphatic hydroxyl groups is 1. The number of para-hydroxylation sites is 1. The van der Waals surface area contributed by atoms with E-state index in [1.807, 2.05) is 30.3 Å². The van der Waals surface area contributed by atoms with Gasteiger partial charge in [-0.25, -0.2) is 4.98 Å². The lowest BCUT2D eigenvalue weighted by Crippen LogP contribution is -2.75. The van der Waals surface area contributed by atoms with E-state index in [4.69, 9.17) is 9.72 Å². The Labute approximate surface area is 199 Å². The smallest absolute Gasteiger partial charge is 0.401 e. The fraction of sp³-hybridized carbons (Fsp3) is 0.400. The van der Waals surface area contributed by atoms with Crippen LogP contribution in [0.4, 0.5) is 13.2 Å². The molecule has 1 aromatic heterocycles. The van der Waals surface area contributed by atoms with Crippen LogP contribution in [0.15, 0.2) is 42.5 Å². The number of piperidine rings is 1. The Hall–Kier alpha value is -2.55. The lowest BCUT2D eigenvalue weighted by atomic mass is 9.49. The Bertz CT molecular complexity index is 1350. The van der Waals surface area contributed by atoms with Crippen molar-refractivity contribution in [3.63, 3.8) is 0 Å². The van der Waals surface area contributed by atoms with Crippen LogP contribution in [0.2, 0.25) is 0 Å². The van der Waals surface area contributed by atoms with Gasteiger partial charge in [-0.1, -0.05) is 24.3 Å². The van der Waals surface area contributed by atoms with Gasteiger partial charge in [-0.3, -0.25) is 4.90 Å². The summed E-state index contributed by atoms with van der Waals surface area (Å²) in [4.78, 5) is 6.28. The highest BCUT2D eigenvalue weighted by Crippen LogP contribution is 2.68. The number of fused-ring (bicyclic) bond motifs is 3. The number of aromatic hydroxyl groups is 1. The second kappa shape index (κ2) is 6.77. The third-order valence-corrected chi connectivity index (χ3v) is 8.25. The van der Waals surface area contributed by atoms with Gasteiger partial charge in [0.25, 0.3) is 0 Å². The lowest BCUT2D eigenvalue weighted by molar-refractivity contribution is -0.206. The van der Waals surface area contributed by atoms with Crippen molar-refractivity contribution in [1.29, 1.82) is 0 Å². The Morgan fingerprint density at radius 1 is 1.15 bits per heavy atom. The van der Waals surface area contributed by atoms with Crippen molar-refractivity contribution >= 4 is 23.3 Å². The minimum atomic E-state index is -4.36. The van der Waals surface area contributed by atoms with Crippen molar-refractivity contribution in [2.45, 2.75) is 48.6 Å². The fourth-order valence-electron chi connectivity index (χ4n) is 7.06. The Balaban J connectivity index is 0.00000217. The number of rotatable bonds is 1. The minimum Gasteiger partial charge on any atom is -0.504 e. The second-order valence-corrected chi connectivity index (χ2v) is 9.80. The van der Waals surface area contributed by atoms with E-state index in [0.717, 1.165) is 27.6 Å². The number of aromatic nitrogens is 1. The average molecular weight is 491 g/mol. The predicted octanol–water partition coefficient (Wildman–Crippen LogP) is 4.21. The molecule has 5 nitrogen and oxygen atoms in total. The number of alkyl halides is 3. The predicted molar refractivity (Wildman–Crippen MR) is 121 cm³/mol. The van der Waals surface area contributed by atoms with Crippen molar-refractivity contribution in [1.82, 2.24) is 9.88 Å². The molecular weight excluding hydrogens is 469 g/mol. The quantitative estimate of drug-likeness (QED) is 0.535. The molecule has 34 heavy (non-hydrogen) atoms. The van der Waals surface area contributed by atoms with Gasteiger partial charge in [-0.05, 0) is 42.2 Å². The number of hydrogen-bond donors (Lipinski definition) is 2. The summed E-state index contributed by atoms with van der Waals surface area (Å²) in [5, 5.41) is 23.9. The van der Waals surface area contributed by atoms with Gasteiger partial charge in [0, 0.05) is 30.0 Å². The summed E-state index contributed by atoms with van der Waals surface area (Å²) in [5.41, 5.74) is 1.42. The molecular formula is C25H22ClF3N2O3. The van der Waals surface area contributed by atoms with Crippen LogP contribution >= 0.6 is 12.4 Å². The number of phenolic OH excluding ortho intramolecular Hbond substituents is 1. The number of phenols is 1. The zero-order valence-corrected chi connectivity index (χ0v) is 18.8. The first kappa shape index (κ1) is 21.9. The van der Waals surface area contributed by atoms with Crippen LogP contribution in [0, 0.1) is 0 Å². The number of halogens is 4. The summed E-state index contributed by atoms with van der Waals surface area (Å²) in [6.45, 7) is -0.880. The van der Waals surface area contributed by atoms with E-state index < -0.39 is 35.9 Å². The molecule has 0 amide bonds. The van der Waals surface area contributed by atoms with E-state index >= 15 is 0 Å². The fourth-order valence-corrected chi connectivity index (χ4v) is 7.06. The molecule has 4 aliphatic rings. The number of likely N-dealkylation sites (tertiary alicyclic amines) is 1. The second-order valence-electron chi connectivity index (χ2n) is 9.80. The highest BCUT2D eigenvalue weighted by atomic mass is 35.5. The molecule has 3 heterocycles. The number of pyridine rings is 1. The van der Waals surface area contributed by atoms with Crippen LogP contribution in [0.25, 0.3) is 10.9 Å². The number of nitrogens with zero attached hydrogens (tertiary/aromatic N) is 2. The summed E-state index contributed by atoms with van der Waals surface area (Å²) in [5.74, 6) is 0.319. The molecule has 0 unspecified atom stereocenters. The maximum absolute atomic E-state index is 13.5. The molecule has 9 heteroatoms. The first-order valence-electron chi connectivity index (χ1n) is 11.1. The first-order valence-corrected chi connectivity index (χ1v) is 11.1. The molecule has 2 N–H and O–H groups in total. The zero-order valence-electron chi connectivity index (χ0n) is 18.0. The summed E-state index contributed by atoms with van der Waals surface area (Å²) in [6, 6.07) is 12.2. The van der Waals surface area contributed by atoms with Crippen LogP contribution in [-0.2, 0) is 18.3 Å². The van der Waals surface area contributed by atoms with E-state index in [2.05, 4.69) is 0 Å². The van der Waals surface area contributed by atoms with E-state index in [-0.39, 0.29) is 44.0 Å². The Kier molecular flexibility index (Phi) is 4.37. The summed E-state index contributed by atoms with van der Waals surface area (Å²) >= 11 is 0. The maximum atomic E-state index is 13.5. The molecule has 178 valence electrons. The first-order chi connectivity index (χ1) is 15.7.